The number of amides is 1. The van der Waals surface area contributed by atoms with Crippen LogP contribution >= 0.6 is 0 Å². The zero-order valence-electron chi connectivity index (χ0n) is 10.4. The Bertz CT molecular complexity index is 668. The van der Waals surface area contributed by atoms with Crippen LogP contribution in [0.1, 0.15) is 26.4 Å². The van der Waals surface area contributed by atoms with Crippen LogP contribution in [-0.2, 0) is 0 Å². The summed E-state index contributed by atoms with van der Waals surface area (Å²) in [5.74, 6) is -2.71. The van der Waals surface area contributed by atoms with Crippen molar-refractivity contribution in [3.63, 3.8) is 0 Å². The van der Waals surface area contributed by atoms with E-state index in [2.05, 4.69) is 15.3 Å². The van der Waals surface area contributed by atoms with Gasteiger partial charge in [0.15, 0.2) is 11.5 Å². The first-order valence-electron chi connectivity index (χ1n) is 5.60. The molecule has 20 heavy (non-hydrogen) atoms. The monoisotopic (exact) mass is 275 g/mol. The van der Waals surface area contributed by atoms with Gasteiger partial charge in [-0.1, -0.05) is 0 Å². The largest absolute Gasteiger partial charge is 0.476 e. The van der Waals surface area contributed by atoms with Gasteiger partial charge in [-0.2, -0.15) is 0 Å². The number of carboxylic acid groups (broad SMARTS) is 1. The van der Waals surface area contributed by atoms with Crippen molar-refractivity contribution in [1.82, 2.24) is 9.97 Å². The van der Waals surface area contributed by atoms with Gasteiger partial charge in [0.25, 0.3) is 5.91 Å². The molecule has 7 heteroatoms. The van der Waals surface area contributed by atoms with E-state index in [0.717, 1.165) is 6.07 Å². The lowest BCUT2D eigenvalue weighted by atomic mass is 10.1. The second-order valence-corrected chi connectivity index (χ2v) is 4.03. The van der Waals surface area contributed by atoms with Gasteiger partial charge in [0.2, 0.25) is 0 Å². The minimum Gasteiger partial charge on any atom is -0.476 e. The van der Waals surface area contributed by atoms with Gasteiger partial charge in [-0.15, -0.1) is 0 Å². The Kier molecular flexibility index (Phi) is 3.69. The molecule has 0 saturated heterocycles. The van der Waals surface area contributed by atoms with Crippen LogP contribution in [0.2, 0.25) is 0 Å². The number of aromatic nitrogens is 2. The third-order valence-corrected chi connectivity index (χ3v) is 2.44. The van der Waals surface area contributed by atoms with Crippen molar-refractivity contribution in [3.05, 3.63) is 53.2 Å². The second kappa shape index (κ2) is 5.43. The lowest BCUT2D eigenvalue weighted by Gasteiger charge is -2.07. The summed E-state index contributed by atoms with van der Waals surface area (Å²) in [5.41, 5.74) is 0.270. The molecule has 6 nitrogen and oxygen atoms in total. The summed E-state index contributed by atoms with van der Waals surface area (Å²) >= 11 is 0. The van der Waals surface area contributed by atoms with Gasteiger partial charge in [0.05, 0.1) is 0 Å². The number of carbonyl (C=O) groups is 2. The molecule has 0 unspecified atom stereocenters. The van der Waals surface area contributed by atoms with Gasteiger partial charge < -0.3 is 10.4 Å². The van der Waals surface area contributed by atoms with Crippen molar-refractivity contribution in [2.24, 2.45) is 0 Å². The summed E-state index contributed by atoms with van der Waals surface area (Å²) in [7, 11) is 0. The van der Waals surface area contributed by atoms with E-state index in [-0.39, 0.29) is 17.1 Å². The zero-order valence-corrected chi connectivity index (χ0v) is 10.4. The molecule has 0 radical (unpaired) electrons. The van der Waals surface area contributed by atoms with E-state index in [4.69, 9.17) is 5.11 Å². The molecular weight excluding hydrogens is 265 g/mol. The van der Waals surface area contributed by atoms with Gasteiger partial charge in [-0.25, -0.2) is 19.2 Å². The Labute approximate surface area is 113 Å². The molecule has 0 aliphatic heterocycles. The molecule has 1 aromatic carbocycles. The van der Waals surface area contributed by atoms with E-state index in [1.165, 1.54) is 24.5 Å². The summed E-state index contributed by atoms with van der Waals surface area (Å²) in [6.07, 6.45) is 2.45. The summed E-state index contributed by atoms with van der Waals surface area (Å²) in [6, 6.07) is 3.82. The van der Waals surface area contributed by atoms with Crippen molar-refractivity contribution in [2.45, 2.75) is 6.92 Å². The highest BCUT2D eigenvalue weighted by Crippen LogP contribution is 2.13. The zero-order chi connectivity index (χ0) is 14.7. The number of nitrogens with zero attached hydrogens (tertiary/aromatic N) is 2. The fourth-order valence-electron chi connectivity index (χ4n) is 1.63. The van der Waals surface area contributed by atoms with Crippen LogP contribution in [-0.4, -0.2) is 27.0 Å². The predicted octanol–water partition coefficient (Wildman–Crippen LogP) is 1.87. The number of carbonyl (C=O) groups excluding carboxylic acids is 1. The molecule has 0 bridgehead atoms. The standard InChI is InChI=1S/C13H10FN3O3/c1-7-4-8(6-9(14)5-7)12(18)17-11-10(13(19)20)15-2-3-16-11/h2-6H,1H3,(H,19,20)(H,16,17,18). The molecule has 2 aromatic rings. The number of aromatic carboxylic acids is 1. The smallest absolute Gasteiger partial charge is 0.358 e. The minimum absolute atomic E-state index is 0.0736. The highest BCUT2D eigenvalue weighted by Gasteiger charge is 2.16. The number of aryl methyl sites for hydroxylation is 1. The third kappa shape index (κ3) is 2.94. The fraction of sp³-hybridized carbons (Fsp3) is 0.0769. The molecule has 0 atom stereocenters. The fourth-order valence-corrected chi connectivity index (χ4v) is 1.63. The molecule has 2 rings (SSSR count). The number of hydrogen-bond acceptors (Lipinski definition) is 4. The maximum Gasteiger partial charge on any atom is 0.358 e. The quantitative estimate of drug-likeness (QED) is 0.892. The molecule has 1 heterocycles. The molecule has 102 valence electrons. The van der Waals surface area contributed by atoms with Crippen molar-refractivity contribution in [3.8, 4) is 0 Å². The van der Waals surface area contributed by atoms with Crippen LogP contribution in [0.25, 0.3) is 0 Å². The first-order valence-corrected chi connectivity index (χ1v) is 5.60. The molecule has 2 N–H and O–H groups in total. The van der Waals surface area contributed by atoms with E-state index < -0.39 is 17.7 Å². The molecule has 0 fully saturated rings. The van der Waals surface area contributed by atoms with Crippen LogP contribution in [0, 0.1) is 12.7 Å². The first-order chi connectivity index (χ1) is 9.47. The van der Waals surface area contributed by atoms with Gasteiger partial charge >= 0.3 is 5.97 Å². The van der Waals surface area contributed by atoms with Crippen LogP contribution in [0.15, 0.2) is 30.6 Å². The Morgan fingerprint density at radius 2 is 1.90 bits per heavy atom. The molecule has 0 saturated carbocycles. The molecule has 0 aliphatic rings. The second-order valence-electron chi connectivity index (χ2n) is 4.03. The van der Waals surface area contributed by atoms with Crippen molar-refractivity contribution in [1.29, 1.82) is 0 Å². The SMILES string of the molecule is Cc1cc(F)cc(C(=O)Nc2nccnc2C(=O)O)c1. The Morgan fingerprint density at radius 1 is 1.20 bits per heavy atom. The van der Waals surface area contributed by atoms with Crippen molar-refractivity contribution in [2.75, 3.05) is 5.32 Å². The van der Waals surface area contributed by atoms with E-state index in [9.17, 15) is 14.0 Å². The lowest BCUT2D eigenvalue weighted by Crippen LogP contribution is -2.17. The highest BCUT2D eigenvalue weighted by molar-refractivity contribution is 6.06. The number of anilines is 1. The van der Waals surface area contributed by atoms with Gasteiger partial charge in [0.1, 0.15) is 5.82 Å². The number of rotatable bonds is 3. The maximum atomic E-state index is 13.2. The van der Waals surface area contributed by atoms with Gasteiger partial charge in [0, 0.05) is 18.0 Å². The molecular formula is C13H10FN3O3. The summed E-state index contributed by atoms with van der Waals surface area (Å²) < 4.78 is 13.2. The Morgan fingerprint density at radius 3 is 2.55 bits per heavy atom. The van der Waals surface area contributed by atoms with Crippen molar-refractivity contribution < 1.29 is 19.1 Å². The lowest BCUT2D eigenvalue weighted by molar-refractivity contribution is 0.0691. The highest BCUT2D eigenvalue weighted by atomic mass is 19.1. The van der Waals surface area contributed by atoms with Crippen LogP contribution in [0.4, 0.5) is 10.2 Å². The van der Waals surface area contributed by atoms with Crippen molar-refractivity contribution >= 4 is 17.7 Å². The maximum absolute atomic E-state index is 13.2. The number of hydrogen-bond donors (Lipinski definition) is 2. The van der Waals surface area contributed by atoms with Gasteiger partial charge in [-0.3, -0.25) is 4.79 Å². The molecule has 1 aromatic heterocycles. The van der Waals surface area contributed by atoms with E-state index in [1.807, 2.05) is 0 Å². The summed E-state index contributed by atoms with van der Waals surface area (Å²) in [4.78, 5) is 30.2. The van der Waals surface area contributed by atoms with Gasteiger partial charge in [-0.05, 0) is 30.7 Å². The third-order valence-electron chi connectivity index (χ3n) is 2.44. The minimum atomic E-state index is -1.32. The van der Waals surface area contributed by atoms with E-state index in [1.54, 1.807) is 6.92 Å². The molecule has 0 aliphatic carbocycles. The van der Waals surface area contributed by atoms with E-state index in [0.29, 0.717) is 5.56 Å². The number of carboxylic acids is 1. The number of halogens is 1. The predicted molar refractivity (Wildman–Crippen MR) is 68.1 cm³/mol. The first kappa shape index (κ1) is 13.6. The number of nitrogens with one attached hydrogen (secondary N) is 1. The normalized spacial score (nSPS) is 10.1. The van der Waals surface area contributed by atoms with Crippen LogP contribution < -0.4 is 5.32 Å². The summed E-state index contributed by atoms with van der Waals surface area (Å²) in [5, 5.41) is 11.2. The molecule has 0 spiro atoms. The Hall–Kier alpha value is -2.83. The Balaban J connectivity index is 2.30. The topological polar surface area (TPSA) is 92.2 Å². The van der Waals surface area contributed by atoms with Crippen LogP contribution in [0.3, 0.4) is 0 Å². The molecule has 1 amide bonds. The van der Waals surface area contributed by atoms with E-state index >= 15 is 0 Å². The summed E-state index contributed by atoms with van der Waals surface area (Å²) in [6.45, 7) is 1.64. The van der Waals surface area contributed by atoms with Crippen LogP contribution in [0.5, 0.6) is 0 Å². The average molecular weight is 275 g/mol. The average Bonchev–Trinajstić information content (AvgIpc) is 2.37. The number of benzene rings is 1.